The van der Waals surface area contributed by atoms with Crippen LogP contribution in [0.2, 0.25) is 0 Å². The van der Waals surface area contributed by atoms with Crippen molar-refractivity contribution < 1.29 is 23.9 Å². The number of hydrogen-bond acceptors (Lipinski definition) is 6. The summed E-state index contributed by atoms with van der Waals surface area (Å²) in [7, 11) is 0. The number of carbonyl (C=O) groups is 3. The number of benzene rings is 1. The summed E-state index contributed by atoms with van der Waals surface area (Å²) in [5.74, 6) is -1.86. The number of esters is 1. The maximum absolute atomic E-state index is 12.5. The predicted octanol–water partition coefficient (Wildman–Crippen LogP) is 3.11. The van der Waals surface area contributed by atoms with Crippen LogP contribution < -0.4 is 16.8 Å². The van der Waals surface area contributed by atoms with E-state index in [1.54, 1.807) is 0 Å². The molecule has 190 valence electrons. The SMILES string of the molecule is NC(=O)[C@H](COCc1ccccc1)NC(=O)[C@@H](N)CC(=O)OC1CCCCCCCCCCC1. The molecule has 0 saturated heterocycles. The molecule has 1 aliphatic carbocycles. The molecule has 1 aromatic carbocycles. The van der Waals surface area contributed by atoms with Crippen molar-refractivity contribution >= 4 is 17.8 Å². The number of hydrogen-bond donors (Lipinski definition) is 3. The summed E-state index contributed by atoms with van der Waals surface area (Å²) in [6.45, 7) is 0.190. The van der Waals surface area contributed by atoms with Gasteiger partial charge in [0.1, 0.15) is 12.1 Å². The van der Waals surface area contributed by atoms with E-state index in [9.17, 15) is 14.4 Å². The minimum Gasteiger partial charge on any atom is -0.462 e. The highest BCUT2D eigenvalue weighted by Crippen LogP contribution is 2.19. The van der Waals surface area contributed by atoms with Crippen LogP contribution in [0.1, 0.15) is 82.6 Å². The first-order valence-electron chi connectivity index (χ1n) is 12.6. The van der Waals surface area contributed by atoms with E-state index in [0.717, 1.165) is 44.1 Å². The Morgan fingerprint density at radius 1 is 0.912 bits per heavy atom. The molecule has 2 rings (SSSR count). The smallest absolute Gasteiger partial charge is 0.308 e. The molecule has 2 amide bonds. The first-order valence-corrected chi connectivity index (χ1v) is 12.6. The average molecular weight is 476 g/mol. The van der Waals surface area contributed by atoms with E-state index in [1.807, 2.05) is 30.3 Å². The summed E-state index contributed by atoms with van der Waals surface area (Å²) < 4.78 is 11.2. The van der Waals surface area contributed by atoms with Crippen LogP contribution in [0.15, 0.2) is 30.3 Å². The second kappa shape index (κ2) is 16.2. The Kier molecular flexibility index (Phi) is 13.3. The third-order valence-corrected chi connectivity index (χ3v) is 6.13. The van der Waals surface area contributed by atoms with Gasteiger partial charge in [-0.2, -0.15) is 0 Å². The van der Waals surface area contributed by atoms with E-state index in [4.69, 9.17) is 20.9 Å². The van der Waals surface area contributed by atoms with E-state index in [-0.39, 0.29) is 25.7 Å². The molecule has 0 aliphatic heterocycles. The van der Waals surface area contributed by atoms with Crippen molar-refractivity contribution in [2.75, 3.05) is 6.61 Å². The van der Waals surface area contributed by atoms with Gasteiger partial charge in [-0.1, -0.05) is 75.3 Å². The lowest BCUT2D eigenvalue weighted by Gasteiger charge is -2.21. The monoisotopic (exact) mass is 475 g/mol. The Bertz CT molecular complexity index is 731. The Morgan fingerprint density at radius 3 is 2.03 bits per heavy atom. The lowest BCUT2D eigenvalue weighted by Crippen LogP contribution is -2.52. The standard InChI is InChI=1S/C26H41N3O5/c27-22(17-24(30)34-21-15-11-6-4-2-1-3-5-7-12-16-21)26(32)29-23(25(28)31)19-33-18-20-13-9-8-10-14-20/h8-10,13-14,21-23H,1-7,11-12,15-19,27H2,(H2,28,31)(H,29,32)/t22-,23-/m0/s1. The molecule has 2 atom stereocenters. The minimum atomic E-state index is -1.13. The van der Waals surface area contributed by atoms with Crippen LogP contribution in [0.5, 0.6) is 0 Å². The van der Waals surface area contributed by atoms with Gasteiger partial charge in [-0.05, 0) is 31.2 Å². The minimum absolute atomic E-state index is 0.0881. The van der Waals surface area contributed by atoms with Gasteiger partial charge < -0.3 is 26.3 Å². The lowest BCUT2D eigenvalue weighted by atomic mass is 9.99. The third-order valence-electron chi connectivity index (χ3n) is 6.13. The van der Waals surface area contributed by atoms with E-state index in [1.165, 1.54) is 32.1 Å². The largest absolute Gasteiger partial charge is 0.462 e. The number of nitrogens with two attached hydrogens (primary N) is 2. The fourth-order valence-electron chi connectivity index (χ4n) is 4.09. The molecular weight excluding hydrogens is 434 g/mol. The highest BCUT2D eigenvalue weighted by molar-refractivity contribution is 5.91. The van der Waals surface area contributed by atoms with Gasteiger partial charge >= 0.3 is 5.97 Å². The van der Waals surface area contributed by atoms with Crippen molar-refractivity contribution in [2.24, 2.45) is 11.5 Å². The fourth-order valence-corrected chi connectivity index (χ4v) is 4.09. The van der Waals surface area contributed by atoms with E-state index >= 15 is 0 Å². The first-order chi connectivity index (χ1) is 16.5. The van der Waals surface area contributed by atoms with Gasteiger partial charge in [0.15, 0.2) is 0 Å². The van der Waals surface area contributed by atoms with Crippen molar-refractivity contribution in [3.63, 3.8) is 0 Å². The van der Waals surface area contributed by atoms with E-state index in [0.29, 0.717) is 0 Å². The average Bonchev–Trinajstić information content (AvgIpc) is 2.80. The second-order valence-electron chi connectivity index (χ2n) is 9.15. The van der Waals surface area contributed by atoms with Crippen molar-refractivity contribution in [2.45, 2.75) is 102 Å². The number of amides is 2. The van der Waals surface area contributed by atoms with Crippen LogP contribution in [-0.2, 0) is 30.5 Å². The zero-order chi connectivity index (χ0) is 24.6. The molecule has 5 N–H and O–H groups in total. The number of carbonyl (C=O) groups excluding carboxylic acids is 3. The molecule has 1 aromatic rings. The number of nitrogens with one attached hydrogen (secondary N) is 1. The van der Waals surface area contributed by atoms with Gasteiger partial charge in [0.05, 0.1) is 25.7 Å². The molecular formula is C26H41N3O5. The maximum Gasteiger partial charge on any atom is 0.308 e. The van der Waals surface area contributed by atoms with Crippen molar-refractivity contribution in [3.05, 3.63) is 35.9 Å². The highest BCUT2D eigenvalue weighted by atomic mass is 16.5. The highest BCUT2D eigenvalue weighted by Gasteiger charge is 2.25. The molecule has 0 spiro atoms. The molecule has 0 unspecified atom stereocenters. The number of ether oxygens (including phenoxy) is 2. The molecule has 34 heavy (non-hydrogen) atoms. The van der Waals surface area contributed by atoms with Gasteiger partial charge in [-0.3, -0.25) is 14.4 Å². The fraction of sp³-hybridized carbons (Fsp3) is 0.654. The van der Waals surface area contributed by atoms with Gasteiger partial charge in [0.2, 0.25) is 11.8 Å². The van der Waals surface area contributed by atoms with Gasteiger partial charge in [-0.15, -0.1) is 0 Å². The van der Waals surface area contributed by atoms with Crippen LogP contribution in [0.3, 0.4) is 0 Å². The van der Waals surface area contributed by atoms with Crippen LogP contribution in [-0.4, -0.2) is 42.6 Å². The summed E-state index contributed by atoms with van der Waals surface area (Å²) in [4.78, 5) is 36.7. The quantitative estimate of drug-likeness (QED) is 0.445. The Labute approximate surface area is 203 Å². The Morgan fingerprint density at radius 2 is 1.47 bits per heavy atom. The van der Waals surface area contributed by atoms with Crippen molar-refractivity contribution in [1.29, 1.82) is 0 Å². The molecule has 0 bridgehead atoms. The molecule has 0 radical (unpaired) electrons. The summed E-state index contributed by atoms with van der Waals surface area (Å²) in [5.41, 5.74) is 12.3. The van der Waals surface area contributed by atoms with Crippen LogP contribution in [0, 0.1) is 0 Å². The topological polar surface area (TPSA) is 134 Å². The Hall–Kier alpha value is -2.45. The Balaban J connectivity index is 1.76. The summed E-state index contributed by atoms with van der Waals surface area (Å²) >= 11 is 0. The van der Waals surface area contributed by atoms with Crippen LogP contribution in [0.4, 0.5) is 0 Å². The maximum atomic E-state index is 12.5. The second-order valence-corrected chi connectivity index (χ2v) is 9.15. The summed E-state index contributed by atoms with van der Waals surface area (Å²) in [6, 6.07) is 7.27. The molecule has 0 aromatic heterocycles. The lowest BCUT2D eigenvalue weighted by molar-refractivity contribution is -0.151. The zero-order valence-electron chi connectivity index (χ0n) is 20.2. The summed E-state index contributed by atoms with van der Waals surface area (Å²) in [5, 5.41) is 2.49. The van der Waals surface area contributed by atoms with Gasteiger partial charge in [0, 0.05) is 0 Å². The first kappa shape index (κ1) is 27.8. The third kappa shape index (κ3) is 11.6. The van der Waals surface area contributed by atoms with Crippen molar-refractivity contribution in [3.8, 4) is 0 Å². The molecule has 8 nitrogen and oxygen atoms in total. The van der Waals surface area contributed by atoms with E-state index < -0.39 is 29.9 Å². The van der Waals surface area contributed by atoms with Crippen molar-refractivity contribution in [1.82, 2.24) is 5.32 Å². The molecule has 8 heteroatoms. The zero-order valence-corrected chi connectivity index (χ0v) is 20.2. The van der Waals surface area contributed by atoms with Gasteiger partial charge in [-0.25, -0.2) is 0 Å². The van der Waals surface area contributed by atoms with E-state index in [2.05, 4.69) is 5.32 Å². The predicted molar refractivity (Wildman–Crippen MR) is 130 cm³/mol. The molecule has 0 heterocycles. The summed E-state index contributed by atoms with van der Waals surface area (Å²) in [6.07, 6.45) is 12.0. The number of primary amides is 1. The molecule has 1 fully saturated rings. The molecule has 1 saturated carbocycles. The number of rotatable bonds is 10. The van der Waals surface area contributed by atoms with Crippen LogP contribution >= 0.6 is 0 Å². The van der Waals surface area contributed by atoms with Gasteiger partial charge in [0.25, 0.3) is 0 Å². The van der Waals surface area contributed by atoms with Crippen LogP contribution in [0.25, 0.3) is 0 Å². The molecule has 1 aliphatic rings. The normalized spacial score (nSPS) is 18.0.